The van der Waals surface area contributed by atoms with Gasteiger partial charge in [-0.15, -0.1) is 24.0 Å². The number of halogens is 2. The van der Waals surface area contributed by atoms with Crippen LogP contribution in [0.1, 0.15) is 26.3 Å². The van der Waals surface area contributed by atoms with Gasteiger partial charge in [-0.2, -0.15) is 0 Å². The summed E-state index contributed by atoms with van der Waals surface area (Å²) in [6, 6.07) is 7.24. The van der Waals surface area contributed by atoms with Gasteiger partial charge in [0.25, 0.3) is 0 Å². The number of hydrogen-bond donors (Lipinski definition) is 2. The van der Waals surface area contributed by atoms with Crippen LogP contribution in [0.3, 0.4) is 0 Å². The van der Waals surface area contributed by atoms with E-state index < -0.39 is 0 Å². The number of likely N-dealkylation sites (N-methyl/N-ethyl adjacent to an activating group) is 1. The highest BCUT2D eigenvalue weighted by atomic mass is 127. The third kappa shape index (κ3) is 8.61. The van der Waals surface area contributed by atoms with Gasteiger partial charge < -0.3 is 15.5 Å². The second-order valence-electron chi connectivity index (χ2n) is 7.68. The highest BCUT2D eigenvalue weighted by Crippen LogP contribution is 2.14. The molecule has 0 bridgehead atoms. The van der Waals surface area contributed by atoms with E-state index in [4.69, 9.17) is 4.99 Å². The highest BCUT2D eigenvalue weighted by Gasteiger charge is 2.24. The van der Waals surface area contributed by atoms with E-state index in [-0.39, 0.29) is 29.8 Å². The fraction of sp³-hybridized carbons (Fsp3) is 0.667. The van der Waals surface area contributed by atoms with E-state index in [1.165, 1.54) is 6.07 Å². The molecule has 1 aromatic rings. The molecule has 1 saturated heterocycles. The fourth-order valence-electron chi connectivity index (χ4n) is 3.45. The van der Waals surface area contributed by atoms with Gasteiger partial charge in [0.05, 0.1) is 6.54 Å². The van der Waals surface area contributed by atoms with Crippen LogP contribution < -0.4 is 10.6 Å². The van der Waals surface area contributed by atoms with Gasteiger partial charge in [-0.05, 0) is 44.0 Å². The van der Waals surface area contributed by atoms with Gasteiger partial charge in [-0.1, -0.05) is 26.0 Å². The molecule has 1 aliphatic heterocycles. The lowest BCUT2D eigenvalue weighted by molar-refractivity contribution is 0.0925. The van der Waals surface area contributed by atoms with Crippen LogP contribution in [0.5, 0.6) is 0 Å². The monoisotopic (exact) mass is 505 g/mol. The Balaban J connectivity index is 0.00000392. The van der Waals surface area contributed by atoms with Crippen LogP contribution in [-0.4, -0.2) is 74.7 Å². The molecular weight excluding hydrogens is 468 g/mol. The average molecular weight is 505 g/mol. The van der Waals surface area contributed by atoms with Crippen LogP contribution in [0.4, 0.5) is 4.39 Å². The van der Waals surface area contributed by atoms with E-state index >= 15 is 0 Å². The Bertz CT molecular complexity index is 588. The number of guanidine groups is 1. The summed E-state index contributed by atoms with van der Waals surface area (Å²) in [5, 5.41) is 6.71. The van der Waals surface area contributed by atoms with Gasteiger partial charge in [0.15, 0.2) is 5.96 Å². The lowest BCUT2D eigenvalue weighted by Gasteiger charge is -2.39. The smallest absolute Gasteiger partial charge is 0.191 e. The predicted molar refractivity (Wildman–Crippen MR) is 127 cm³/mol. The second kappa shape index (κ2) is 13.3. The molecule has 1 unspecified atom stereocenters. The minimum absolute atomic E-state index is 0. The van der Waals surface area contributed by atoms with E-state index in [9.17, 15) is 4.39 Å². The Hall–Kier alpha value is -0.930. The number of piperazine rings is 1. The molecule has 0 spiro atoms. The summed E-state index contributed by atoms with van der Waals surface area (Å²) in [7, 11) is 2.19. The maximum absolute atomic E-state index is 13.3. The SMILES string of the molecule is CCNC(=NCC(C(C)C)N1CCN(C)CC1)NCCc1cccc(F)c1.I. The van der Waals surface area contributed by atoms with Crippen molar-refractivity contribution in [1.82, 2.24) is 20.4 Å². The van der Waals surface area contributed by atoms with Crippen molar-refractivity contribution >= 4 is 29.9 Å². The molecule has 0 aliphatic carbocycles. The first-order valence-corrected chi connectivity index (χ1v) is 10.2. The zero-order chi connectivity index (χ0) is 19.6. The normalized spacial score (nSPS) is 17.3. The summed E-state index contributed by atoms with van der Waals surface area (Å²) in [6.45, 7) is 13.4. The molecule has 0 aromatic heterocycles. The molecular formula is C21H37FIN5. The Labute approximate surface area is 187 Å². The van der Waals surface area contributed by atoms with Crippen LogP contribution in [0.25, 0.3) is 0 Å². The number of nitrogens with zero attached hydrogens (tertiary/aromatic N) is 3. The molecule has 2 rings (SSSR count). The van der Waals surface area contributed by atoms with Crippen LogP contribution in [0, 0.1) is 11.7 Å². The predicted octanol–water partition coefficient (Wildman–Crippen LogP) is 2.81. The number of nitrogens with one attached hydrogen (secondary N) is 2. The summed E-state index contributed by atoms with van der Waals surface area (Å²) < 4.78 is 13.3. The van der Waals surface area contributed by atoms with Gasteiger partial charge in [-0.25, -0.2) is 4.39 Å². The molecule has 0 saturated carbocycles. The van der Waals surface area contributed by atoms with Crippen LogP contribution in [0.2, 0.25) is 0 Å². The lowest BCUT2D eigenvalue weighted by atomic mass is 10.0. The first kappa shape index (κ1) is 25.1. The number of rotatable bonds is 8. The van der Waals surface area contributed by atoms with E-state index in [1.54, 1.807) is 12.1 Å². The molecule has 5 nitrogen and oxygen atoms in total. The third-order valence-corrected chi connectivity index (χ3v) is 5.15. The van der Waals surface area contributed by atoms with E-state index in [2.05, 4.69) is 48.3 Å². The Morgan fingerprint density at radius 3 is 2.50 bits per heavy atom. The lowest BCUT2D eigenvalue weighted by Crippen LogP contribution is -2.52. The third-order valence-electron chi connectivity index (χ3n) is 5.15. The van der Waals surface area contributed by atoms with Crippen molar-refractivity contribution in [2.24, 2.45) is 10.9 Å². The van der Waals surface area contributed by atoms with Crippen molar-refractivity contribution in [3.05, 3.63) is 35.6 Å². The molecule has 1 aromatic carbocycles. The molecule has 1 aliphatic rings. The van der Waals surface area contributed by atoms with Gasteiger partial charge >= 0.3 is 0 Å². The molecule has 28 heavy (non-hydrogen) atoms. The molecule has 0 amide bonds. The second-order valence-corrected chi connectivity index (χ2v) is 7.68. The average Bonchev–Trinajstić information content (AvgIpc) is 2.63. The zero-order valence-corrected chi connectivity index (χ0v) is 20.1. The molecule has 1 atom stereocenters. The maximum Gasteiger partial charge on any atom is 0.191 e. The minimum Gasteiger partial charge on any atom is -0.357 e. The molecule has 160 valence electrons. The zero-order valence-electron chi connectivity index (χ0n) is 17.7. The van der Waals surface area contributed by atoms with Gasteiger partial charge in [0, 0.05) is 45.3 Å². The summed E-state index contributed by atoms with van der Waals surface area (Å²) in [6.07, 6.45) is 0.772. The summed E-state index contributed by atoms with van der Waals surface area (Å²) in [5.74, 6) is 1.22. The van der Waals surface area contributed by atoms with Crippen molar-refractivity contribution in [1.29, 1.82) is 0 Å². The van der Waals surface area contributed by atoms with Crippen molar-refractivity contribution in [2.75, 3.05) is 52.9 Å². The van der Waals surface area contributed by atoms with E-state index in [0.29, 0.717) is 12.0 Å². The van der Waals surface area contributed by atoms with Crippen molar-refractivity contribution < 1.29 is 4.39 Å². The Morgan fingerprint density at radius 1 is 1.18 bits per heavy atom. The van der Waals surface area contributed by atoms with E-state index in [0.717, 1.165) is 63.8 Å². The van der Waals surface area contributed by atoms with Crippen molar-refractivity contribution in [2.45, 2.75) is 33.2 Å². The minimum atomic E-state index is -0.181. The van der Waals surface area contributed by atoms with Crippen LogP contribution in [-0.2, 0) is 6.42 Å². The van der Waals surface area contributed by atoms with Crippen LogP contribution >= 0.6 is 24.0 Å². The van der Waals surface area contributed by atoms with Gasteiger partial charge in [0.2, 0.25) is 0 Å². The largest absolute Gasteiger partial charge is 0.357 e. The quantitative estimate of drug-likeness (QED) is 0.324. The van der Waals surface area contributed by atoms with Gasteiger partial charge in [0.1, 0.15) is 5.82 Å². The Morgan fingerprint density at radius 2 is 1.89 bits per heavy atom. The highest BCUT2D eigenvalue weighted by molar-refractivity contribution is 14.0. The number of aliphatic imine (C=N–C) groups is 1. The van der Waals surface area contributed by atoms with E-state index in [1.807, 2.05) is 6.07 Å². The van der Waals surface area contributed by atoms with Gasteiger partial charge in [-0.3, -0.25) is 9.89 Å². The Kier molecular flexibility index (Phi) is 11.9. The van der Waals surface area contributed by atoms with Crippen molar-refractivity contribution in [3.63, 3.8) is 0 Å². The summed E-state index contributed by atoms with van der Waals surface area (Å²) in [4.78, 5) is 9.80. The molecule has 0 radical (unpaired) electrons. The maximum atomic E-state index is 13.3. The van der Waals surface area contributed by atoms with Crippen LogP contribution in [0.15, 0.2) is 29.3 Å². The summed E-state index contributed by atoms with van der Waals surface area (Å²) >= 11 is 0. The standard InChI is InChI=1S/C21H36FN5.HI/c1-5-23-21(24-10-9-18-7-6-8-19(22)15-18)25-16-20(17(2)3)27-13-11-26(4)12-14-27;/h6-8,15,17,20H,5,9-14,16H2,1-4H3,(H2,23,24,25);1H. The summed E-state index contributed by atoms with van der Waals surface area (Å²) in [5.41, 5.74) is 0.996. The molecule has 1 heterocycles. The molecule has 7 heteroatoms. The number of benzene rings is 1. The first-order chi connectivity index (χ1) is 13.0. The fourth-order valence-corrected chi connectivity index (χ4v) is 3.45. The first-order valence-electron chi connectivity index (χ1n) is 10.2. The van der Waals surface area contributed by atoms with Crippen molar-refractivity contribution in [3.8, 4) is 0 Å². The number of hydrogen-bond acceptors (Lipinski definition) is 3. The molecule has 2 N–H and O–H groups in total. The molecule has 1 fully saturated rings. The topological polar surface area (TPSA) is 42.9 Å².